The highest BCUT2D eigenvalue weighted by molar-refractivity contribution is 5.94. The molecule has 2 aromatic carbocycles. The standard InChI is InChI=1S/C19H18F3NO3/c1-25-15-8-4-13(5-9-15)17-3-2-12-23(17)18(24)14-6-10-16(11-7-14)26-19(20,21)22/h4-11,17H,2-3,12H2,1H3/t17-/m1/s1. The van der Waals surface area contributed by atoms with Gasteiger partial charge >= 0.3 is 6.36 Å². The molecule has 0 radical (unpaired) electrons. The first kappa shape index (κ1) is 18.1. The number of alkyl halides is 3. The number of carbonyl (C=O) groups is 1. The smallest absolute Gasteiger partial charge is 0.497 e. The number of hydrogen-bond donors (Lipinski definition) is 0. The van der Waals surface area contributed by atoms with Crippen LogP contribution in [-0.2, 0) is 0 Å². The fourth-order valence-corrected chi connectivity index (χ4v) is 3.15. The lowest BCUT2D eigenvalue weighted by Gasteiger charge is -2.25. The van der Waals surface area contributed by atoms with Crippen LogP contribution in [-0.4, -0.2) is 30.8 Å². The molecule has 1 atom stereocenters. The zero-order valence-corrected chi connectivity index (χ0v) is 14.1. The van der Waals surface area contributed by atoms with Gasteiger partial charge in [-0.25, -0.2) is 0 Å². The molecule has 26 heavy (non-hydrogen) atoms. The molecule has 1 fully saturated rings. The number of benzene rings is 2. The molecule has 3 rings (SSSR count). The van der Waals surface area contributed by atoms with E-state index in [1.165, 1.54) is 12.1 Å². The fraction of sp³-hybridized carbons (Fsp3) is 0.316. The highest BCUT2D eigenvalue weighted by Gasteiger charge is 2.32. The molecule has 0 spiro atoms. The number of carbonyl (C=O) groups excluding carboxylic acids is 1. The molecule has 0 aliphatic carbocycles. The van der Waals surface area contributed by atoms with Crippen LogP contribution in [0.1, 0.15) is 34.8 Å². The maximum atomic E-state index is 12.8. The minimum Gasteiger partial charge on any atom is -0.497 e. The molecule has 138 valence electrons. The number of ether oxygens (including phenoxy) is 2. The van der Waals surface area contributed by atoms with E-state index >= 15 is 0 Å². The fourth-order valence-electron chi connectivity index (χ4n) is 3.15. The molecule has 1 aliphatic heterocycles. The highest BCUT2D eigenvalue weighted by Crippen LogP contribution is 2.34. The van der Waals surface area contributed by atoms with E-state index in [2.05, 4.69) is 4.74 Å². The molecule has 1 aliphatic rings. The van der Waals surface area contributed by atoms with Crippen molar-refractivity contribution >= 4 is 5.91 Å². The highest BCUT2D eigenvalue weighted by atomic mass is 19.4. The zero-order valence-electron chi connectivity index (χ0n) is 14.1. The number of methoxy groups -OCH3 is 1. The van der Waals surface area contributed by atoms with Gasteiger partial charge in [0.05, 0.1) is 13.2 Å². The van der Waals surface area contributed by atoms with E-state index in [4.69, 9.17) is 4.74 Å². The summed E-state index contributed by atoms with van der Waals surface area (Å²) in [6.07, 6.45) is -3.04. The summed E-state index contributed by atoms with van der Waals surface area (Å²) in [7, 11) is 1.59. The van der Waals surface area contributed by atoms with Crippen molar-refractivity contribution in [2.24, 2.45) is 0 Å². The summed E-state index contributed by atoms with van der Waals surface area (Å²) in [5, 5.41) is 0. The monoisotopic (exact) mass is 365 g/mol. The summed E-state index contributed by atoms with van der Waals surface area (Å²) in [5.74, 6) is 0.189. The minimum absolute atomic E-state index is 0.0560. The Morgan fingerprint density at radius 3 is 2.23 bits per heavy atom. The summed E-state index contributed by atoms with van der Waals surface area (Å²) in [6.45, 7) is 0.607. The minimum atomic E-state index is -4.75. The molecule has 4 nitrogen and oxygen atoms in total. The van der Waals surface area contributed by atoms with Crippen molar-refractivity contribution in [1.82, 2.24) is 4.90 Å². The van der Waals surface area contributed by atoms with Gasteiger partial charge in [-0.05, 0) is 54.8 Å². The molecule has 0 bridgehead atoms. The Kier molecular flexibility index (Phi) is 5.06. The normalized spacial score (nSPS) is 17.2. The maximum Gasteiger partial charge on any atom is 0.573 e. The van der Waals surface area contributed by atoms with Gasteiger partial charge in [-0.2, -0.15) is 0 Å². The number of halogens is 3. The molecular formula is C19H18F3NO3. The predicted molar refractivity (Wildman–Crippen MR) is 89.1 cm³/mol. The number of rotatable bonds is 4. The Bertz CT molecular complexity index is 757. The van der Waals surface area contributed by atoms with Crippen LogP contribution in [0.3, 0.4) is 0 Å². The SMILES string of the molecule is COc1ccc([C@H]2CCCN2C(=O)c2ccc(OC(F)(F)F)cc2)cc1. The molecule has 1 heterocycles. The van der Waals surface area contributed by atoms with Crippen LogP contribution in [0, 0.1) is 0 Å². The van der Waals surface area contributed by atoms with E-state index in [-0.39, 0.29) is 17.7 Å². The summed E-state index contributed by atoms with van der Waals surface area (Å²) in [5.41, 5.74) is 1.34. The van der Waals surface area contributed by atoms with Gasteiger partial charge in [0.2, 0.25) is 0 Å². The number of likely N-dealkylation sites (tertiary alicyclic amines) is 1. The van der Waals surface area contributed by atoms with Crippen LogP contribution in [0.4, 0.5) is 13.2 Å². The molecule has 1 saturated heterocycles. The molecule has 0 N–H and O–H groups in total. The van der Waals surface area contributed by atoms with Crippen LogP contribution >= 0.6 is 0 Å². The number of hydrogen-bond acceptors (Lipinski definition) is 3. The van der Waals surface area contributed by atoms with Crippen LogP contribution in [0.2, 0.25) is 0 Å². The molecule has 0 saturated carbocycles. The summed E-state index contributed by atoms with van der Waals surface area (Å²) in [4.78, 5) is 14.5. The maximum absolute atomic E-state index is 12.8. The van der Waals surface area contributed by atoms with E-state index in [1.807, 2.05) is 24.3 Å². The van der Waals surface area contributed by atoms with E-state index in [0.717, 1.165) is 36.3 Å². The number of amides is 1. The lowest BCUT2D eigenvalue weighted by molar-refractivity contribution is -0.274. The van der Waals surface area contributed by atoms with Crippen molar-refractivity contribution in [1.29, 1.82) is 0 Å². The quantitative estimate of drug-likeness (QED) is 0.797. The Morgan fingerprint density at radius 2 is 1.65 bits per heavy atom. The molecular weight excluding hydrogens is 347 g/mol. The van der Waals surface area contributed by atoms with Crippen molar-refractivity contribution in [2.75, 3.05) is 13.7 Å². The largest absolute Gasteiger partial charge is 0.573 e. The molecule has 7 heteroatoms. The lowest BCUT2D eigenvalue weighted by atomic mass is 10.0. The first-order valence-corrected chi connectivity index (χ1v) is 8.18. The van der Waals surface area contributed by atoms with Crippen molar-refractivity contribution in [3.63, 3.8) is 0 Å². The second-order valence-corrected chi connectivity index (χ2v) is 6.00. The third kappa shape index (κ3) is 4.09. The Labute approximate surface area is 149 Å². The van der Waals surface area contributed by atoms with Gasteiger partial charge in [0, 0.05) is 12.1 Å². The van der Waals surface area contributed by atoms with Crippen LogP contribution in [0.5, 0.6) is 11.5 Å². The first-order chi connectivity index (χ1) is 12.4. The topological polar surface area (TPSA) is 38.8 Å². The summed E-state index contributed by atoms with van der Waals surface area (Å²) in [6, 6.07) is 12.5. The van der Waals surface area contributed by atoms with Crippen LogP contribution in [0.25, 0.3) is 0 Å². The van der Waals surface area contributed by atoms with Gasteiger partial charge in [0.15, 0.2) is 0 Å². The van der Waals surface area contributed by atoms with E-state index in [1.54, 1.807) is 12.0 Å². The van der Waals surface area contributed by atoms with Crippen molar-refractivity contribution in [3.05, 3.63) is 59.7 Å². The Morgan fingerprint density at radius 1 is 1.04 bits per heavy atom. The second-order valence-electron chi connectivity index (χ2n) is 6.00. The van der Waals surface area contributed by atoms with Gasteiger partial charge in [-0.3, -0.25) is 4.79 Å². The van der Waals surface area contributed by atoms with Gasteiger partial charge in [-0.1, -0.05) is 12.1 Å². The number of nitrogens with zero attached hydrogens (tertiary/aromatic N) is 1. The van der Waals surface area contributed by atoms with E-state index in [9.17, 15) is 18.0 Å². The van der Waals surface area contributed by atoms with Gasteiger partial charge in [0.25, 0.3) is 5.91 Å². The second kappa shape index (κ2) is 7.27. The summed E-state index contributed by atoms with van der Waals surface area (Å²) >= 11 is 0. The average Bonchev–Trinajstić information content (AvgIpc) is 3.10. The van der Waals surface area contributed by atoms with Gasteiger partial charge in [-0.15, -0.1) is 13.2 Å². The molecule has 1 amide bonds. The van der Waals surface area contributed by atoms with Crippen molar-refractivity contribution in [2.45, 2.75) is 25.2 Å². The van der Waals surface area contributed by atoms with Gasteiger partial charge < -0.3 is 14.4 Å². The third-order valence-electron chi connectivity index (χ3n) is 4.35. The summed E-state index contributed by atoms with van der Waals surface area (Å²) < 4.78 is 45.7. The van der Waals surface area contributed by atoms with E-state index in [0.29, 0.717) is 12.1 Å². The van der Waals surface area contributed by atoms with Crippen molar-refractivity contribution in [3.8, 4) is 11.5 Å². The molecule has 0 aromatic heterocycles. The average molecular weight is 365 g/mol. The van der Waals surface area contributed by atoms with Crippen molar-refractivity contribution < 1.29 is 27.4 Å². The molecule has 2 aromatic rings. The molecule has 0 unspecified atom stereocenters. The lowest BCUT2D eigenvalue weighted by Crippen LogP contribution is -2.30. The van der Waals surface area contributed by atoms with Crippen LogP contribution in [0.15, 0.2) is 48.5 Å². The van der Waals surface area contributed by atoms with Gasteiger partial charge in [0.1, 0.15) is 11.5 Å². The zero-order chi connectivity index (χ0) is 18.7. The third-order valence-corrected chi connectivity index (χ3v) is 4.35. The van der Waals surface area contributed by atoms with E-state index < -0.39 is 6.36 Å². The Balaban J connectivity index is 1.75. The Hall–Kier alpha value is -2.70. The predicted octanol–water partition coefficient (Wildman–Crippen LogP) is 4.57. The van der Waals surface area contributed by atoms with Crippen LogP contribution < -0.4 is 9.47 Å². The first-order valence-electron chi connectivity index (χ1n) is 8.18.